The SMILES string of the molecule is COC(c1ccc(Cl)cc1)c1nc(-c2ccc(S(=O)(=O)Nc3ccc(CCNCC(O)c4cccnc4)cc3)cc2)no1. The normalized spacial score (nSPS) is 13.0. The van der Waals surface area contributed by atoms with Crippen molar-refractivity contribution >= 4 is 27.3 Å². The minimum absolute atomic E-state index is 0.0938. The summed E-state index contributed by atoms with van der Waals surface area (Å²) in [5.41, 5.74) is 3.63. The quantitative estimate of drug-likeness (QED) is 0.152. The zero-order valence-corrected chi connectivity index (χ0v) is 24.8. The molecule has 5 rings (SSSR count). The molecular weight excluding hydrogens is 590 g/mol. The van der Waals surface area contributed by atoms with E-state index in [1.54, 1.807) is 62.0 Å². The predicted octanol–water partition coefficient (Wildman–Crippen LogP) is 5.19. The maximum atomic E-state index is 13.0. The molecule has 3 aromatic carbocycles. The fraction of sp³-hybridized carbons (Fsp3) is 0.194. The van der Waals surface area contributed by atoms with Crippen LogP contribution in [0.2, 0.25) is 5.02 Å². The third-order valence-corrected chi connectivity index (χ3v) is 8.35. The van der Waals surface area contributed by atoms with Gasteiger partial charge in [-0.15, -0.1) is 0 Å². The molecule has 3 N–H and O–H groups in total. The van der Waals surface area contributed by atoms with Gasteiger partial charge >= 0.3 is 0 Å². The molecule has 0 aliphatic rings. The number of nitrogens with one attached hydrogen (secondary N) is 2. The molecule has 0 amide bonds. The van der Waals surface area contributed by atoms with Crippen LogP contribution in [-0.2, 0) is 21.2 Å². The van der Waals surface area contributed by atoms with E-state index in [2.05, 4.69) is 25.2 Å². The highest BCUT2D eigenvalue weighted by Crippen LogP contribution is 2.28. The van der Waals surface area contributed by atoms with E-state index in [9.17, 15) is 13.5 Å². The van der Waals surface area contributed by atoms with Crippen molar-refractivity contribution in [1.82, 2.24) is 20.4 Å². The lowest BCUT2D eigenvalue weighted by Crippen LogP contribution is -2.23. The van der Waals surface area contributed by atoms with Gasteiger partial charge in [-0.1, -0.05) is 47.1 Å². The molecule has 12 heteroatoms. The molecule has 5 aromatic rings. The number of aromatic nitrogens is 3. The molecule has 0 spiro atoms. The van der Waals surface area contributed by atoms with Gasteiger partial charge in [0.25, 0.3) is 15.9 Å². The molecule has 0 bridgehead atoms. The molecule has 43 heavy (non-hydrogen) atoms. The number of sulfonamides is 1. The van der Waals surface area contributed by atoms with Crippen LogP contribution >= 0.6 is 11.6 Å². The number of ether oxygens (including phenoxy) is 1. The summed E-state index contributed by atoms with van der Waals surface area (Å²) in [5.74, 6) is 0.569. The Morgan fingerprint density at radius 3 is 2.40 bits per heavy atom. The fourth-order valence-corrected chi connectivity index (χ4v) is 5.56. The summed E-state index contributed by atoms with van der Waals surface area (Å²) >= 11 is 5.98. The van der Waals surface area contributed by atoms with Gasteiger partial charge in [-0.05, 0) is 78.7 Å². The van der Waals surface area contributed by atoms with Crippen LogP contribution in [0.25, 0.3) is 11.4 Å². The van der Waals surface area contributed by atoms with E-state index in [0.717, 1.165) is 23.1 Å². The van der Waals surface area contributed by atoms with Crippen LogP contribution in [0.1, 0.15) is 34.8 Å². The maximum absolute atomic E-state index is 13.0. The van der Waals surface area contributed by atoms with Crippen molar-refractivity contribution in [3.8, 4) is 11.4 Å². The number of methoxy groups -OCH3 is 1. The van der Waals surface area contributed by atoms with Crippen molar-refractivity contribution in [3.05, 3.63) is 125 Å². The molecule has 0 fully saturated rings. The highest BCUT2D eigenvalue weighted by molar-refractivity contribution is 7.92. The monoisotopic (exact) mass is 619 g/mol. The number of pyridine rings is 1. The number of anilines is 1. The number of rotatable bonds is 13. The summed E-state index contributed by atoms with van der Waals surface area (Å²) < 4.78 is 39.6. The van der Waals surface area contributed by atoms with Gasteiger partial charge in [0, 0.05) is 47.9 Å². The minimum atomic E-state index is -3.82. The van der Waals surface area contributed by atoms with Crippen LogP contribution in [0.4, 0.5) is 5.69 Å². The number of hydrogen-bond acceptors (Lipinski definition) is 9. The number of nitrogens with zero attached hydrogens (tertiary/aromatic N) is 3. The molecule has 0 saturated carbocycles. The zero-order chi connectivity index (χ0) is 30.2. The van der Waals surface area contributed by atoms with Crippen molar-refractivity contribution in [2.24, 2.45) is 0 Å². The summed E-state index contributed by atoms with van der Waals surface area (Å²) in [7, 11) is -2.28. The van der Waals surface area contributed by atoms with Crippen LogP contribution in [0.3, 0.4) is 0 Å². The van der Waals surface area contributed by atoms with Gasteiger partial charge in [-0.2, -0.15) is 4.98 Å². The first kappa shape index (κ1) is 30.3. The third kappa shape index (κ3) is 7.83. The van der Waals surface area contributed by atoms with E-state index in [1.807, 2.05) is 30.3 Å². The first-order chi connectivity index (χ1) is 20.8. The molecule has 2 unspecified atom stereocenters. The van der Waals surface area contributed by atoms with Crippen molar-refractivity contribution < 1.29 is 22.8 Å². The predicted molar refractivity (Wildman–Crippen MR) is 163 cm³/mol. The van der Waals surface area contributed by atoms with Gasteiger partial charge in [-0.25, -0.2) is 8.42 Å². The van der Waals surface area contributed by atoms with E-state index in [1.165, 1.54) is 12.1 Å². The lowest BCUT2D eigenvalue weighted by molar-refractivity contribution is 0.105. The highest BCUT2D eigenvalue weighted by Gasteiger charge is 2.22. The Morgan fingerprint density at radius 1 is 0.977 bits per heavy atom. The topological polar surface area (TPSA) is 139 Å². The number of benzene rings is 3. The summed E-state index contributed by atoms with van der Waals surface area (Å²) in [4.78, 5) is 8.56. The van der Waals surface area contributed by atoms with Gasteiger partial charge < -0.3 is 19.7 Å². The minimum Gasteiger partial charge on any atom is -0.387 e. The summed E-state index contributed by atoms with van der Waals surface area (Å²) in [6, 6.07) is 24.1. The van der Waals surface area contributed by atoms with Gasteiger partial charge in [-0.3, -0.25) is 9.71 Å². The average molecular weight is 620 g/mol. The van der Waals surface area contributed by atoms with Crippen LogP contribution in [0.15, 0.2) is 107 Å². The van der Waals surface area contributed by atoms with Gasteiger partial charge in [0.1, 0.15) is 0 Å². The second kappa shape index (κ2) is 13.9. The Labute approximate surface area is 254 Å². The van der Waals surface area contributed by atoms with Crippen LogP contribution in [0.5, 0.6) is 0 Å². The second-order valence-electron chi connectivity index (χ2n) is 9.71. The number of aliphatic hydroxyl groups is 1. The van der Waals surface area contributed by atoms with E-state index in [-0.39, 0.29) is 10.8 Å². The molecule has 222 valence electrons. The Hall–Kier alpha value is -4.13. The van der Waals surface area contributed by atoms with Crippen molar-refractivity contribution in [2.75, 3.05) is 24.9 Å². The molecule has 0 aliphatic carbocycles. The molecule has 2 heterocycles. The summed E-state index contributed by atoms with van der Waals surface area (Å²) in [6.07, 6.45) is 2.82. The number of aliphatic hydroxyl groups excluding tert-OH is 1. The van der Waals surface area contributed by atoms with Gasteiger partial charge in [0.15, 0.2) is 6.10 Å². The Kier molecular flexibility index (Phi) is 9.80. The van der Waals surface area contributed by atoms with Crippen molar-refractivity contribution in [1.29, 1.82) is 0 Å². The first-order valence-corrected chi connectivity index (χ1v) is 15.3. The molecule has 2 atom stereocenters. The molecule has 0 aliphatic heterocycles. The zero-order valence-electron chi connectivity index (χ0n) is 23.2. The first-order valence-electron chi connectivity index (χ1n) is 13.4. The highest BCUT2D eigenvalue weighted by atomic mass is 35.5. The molecule has 0 saturated heterocycles. The average Bonchev–Trinajstić information content (AvgIpc) is 3.51. The smallest absolute Gasteiger partial charge is 0.261 e. The van der Waals surface area contributed by atoms with E-state index in [0.29, 0.717) is 35.2 Å². The Bertz CT molecular complexity index is 1720. The van der Waals surface area contributed by atoms with Crippen molar-refractivity contribution in [2.45, 2.75) is 23.5 Å². The molecule has 0 radical (unpaired) electrons. The fourth-order valence-electron chi connectivity index (χ4n) is 4.38. The largest absolute Gasteiger partial charge is 0.387 e. The maximum Gasteiger partial charge on any atom is 0.261 e. The standard InChI is InChI=1S/C31H30ClN5O5S/c1-41-29(22-6-10-25(32)11-7-22)31-35-30(36-42-31)23-8-14-27(15-9-23)43(39,40)37-26-12-4-21(5-13-26)16-18-34-20-28(38)24-3-2-17-33-19-24/h2-15,17,19,28-29,34,37-38H,16,18,20H2,1H3. The van der Waals surface area contributed by atoms with E-state index >= 15 is 0 Å². The number of halogens is 1. The van der Waals surface area contributed by atoms with E-state index < -0.39 is 22.2 Å². The third-order valence-electron chi connectivity index (χ3n) is 6.70. The Balaban J connectivity index is 1.15. The second-order valence-corrected chi connectivity index (χ2v) is 11.8. The van der Waals surface area contributed by atoms with Crippen LogP contribution in [0, 0.1) is 0 Å². The molecule has 10 nitrogen and oxygen atoms in total. The van der Waals surface area contributed by atoms with Crippen molar-refractivity contribution in [3.63, 3.8) is 0 Å². The Morgan fingerprint density at radius 2 is 1.72 bits per heavy atom. The molecule has 2 aromatic heterocycles. The number of hydrogen-bond donors (Lipinski definition) is 3. The molecular formula is C31H30ClN5O5S. The van der Waals surface area contributed by atoms with Crippen LogP contribution in [-0.4, -0.2) is 48.8 Å². The summed E-state index contributed by atoms with van der Waals surface area (Å²) in [5, 5.41) is 18.1. The van der Waals surface area contributed by atoms with Gasteiger partial charge in [0.05, 0.1) is 11.0 Å². The lowest BCUT2D eigenvalue weighted by Gasteiger charge is -2.12. The van der Waals surface area contributed by atoms with Gasteiger partial charge in [0.2, 0.25) is 5.82 Å². The summed E-state index contributed by atoms with van der Waals surface area (Å²) in [6.45, 7) is 1.07. The van der Waals surface area contributed by atoms with E-state index in [4.69, 9.17) is 20.9 Å². The van der Waals surface area contributed by atoms with Crippen LogP contribution < -0.4 is 10.0 Å². The lowest BCUT2D eigenvalue weighted by atomic mass is 10.1.